The van der Waals surface area contributed by atoms with Crippen molar-refractivity contribution in [3.63, 3.8) is 0 Å². The molecule has 0 aliphatic rings. The van der Waals surface area contributed by atoms with Crippen LogP contribution < -0.4 is 5.32 Å². The number of hydrogen-bond donors (Lipinski definition) is 1. The van der Waals surface area contributed by atoms with Crippen molar-refractivity contribution in [1.29, 1.82) is 0 Å². The molecular weight excluding hydrogens is 329 g/mol. The molecule has 2 aromatic carbocycles. The normalized spacial score (nSPS) is 11.5. The second-order valence-electron chi connectivity index (χ2n) is 4.26. The van der Waals surface area contributed by atoms with Crippen LogP contribution in [-0.4, -0.2) is 0 Å². The van der Waals surface area contributed by atoms with Crippen molar-refractivity contribution in [2.75, 3.05) is 5.32 Å². The third kappa shape index (κ3) is 3.80. The van der Waals surface area contributed by atoms with E-state index >= 15 is 0 Å². The molecule has 0 aliphatic heterocycles. The average Bonchev–Trinajstić information content (AvgIpc) is 2.40. The predicted octanol–water partition coefficient (Wildman–Crippen LogP) is 5.76. The number of anilines is 1. The Bertz CT molecular complexity index is 656. The van der Waals surface area contributed by atoms with Gasteiger partial charge >= 0.3 is 6.18 Å². The first-order valence-electron chi connectivity index (χ1n) is 5.82. The standard InChI is InChI=1S/C14H9Cl2F4N/c15-10-3-1-2-8(13(10)16)7-21-12-6-9(14(18,19)20)4-5-11(12)17/h1-6,21H,7H2. The summed E-state index contributed by atoms with van der Waals surface area (Å²) in [5.41, 5.74) is -0.620. The Kier molecular flexibility index (Phi) is 4.64. The van der Waals surface area contributed by atoms with Crippen molar-refractivity contribution >= 4 is 28.9 Å². The lowest BCUT2D eigenvalue weighted by Gasteiger charge is -2.12. The summed E-state index contributed by atoms with van der Waals surface area (Å²) in [7, 11) is 0. The van der Waals surface area contributed by atoms with Crippen LogP contribution in [0, 0.1) is 5.82 Å². The molecule has 0 radical (unpaired) electrons. The van der Waals surface area contributed by atoms with Crippen LogP contribution in [0.5, 0.6) is 0 Å². The Balaban J connectivity index is 2.22. The molecule has 0 unspecified atom stereocenters. The van der Waals surface area contributed by atoms with Crippen molar-refractivity contribution < 1.29 is 17.6 Å². The van der Waals surface area contributed by atoms with Crippen LogP contribution in [0.15, 0.2) is 36.4 Å². The Morgan fingerprint density at radius 2 is 1.76 bits per heavy atom. The molecule has 0 spiro atoms. The fraction of sp³-hybridized carbons (Fsp3) is 0.143. The Morgan fingerprint density at radius 3 is 2.43 bits per heavy atom. The summed E-state index contributed by atoms with van der Waals surface area (Å²) in [5, 5.41) is 3.19. The van der Waals surface area contributed by atoms with E-state index in [1.165, 1.54) is 0 Å². The van der Waals surface area contributed by atoms with Crippen molar-refractivity contribution in [2.24, 2.45) is 0 Å². The fourth-order valence-corrected chi connectivity index (χ4v) is 2.10. The van der Waals surface area contributed by atoms with E-state index in [-0.39, 0.29) is 17.3 Å². The SMILES string of the molecule is Fc1ccc(C(F)(F)F)cc1NCc1cccc(Cl)c1Cl. The van der Waals surface area contributed by atoms with E-state index in [9.17, 15) is 17.6 Å². The minimum Gasteiger partial charge on any atom is -0.379 e. The van der Waals surface area contributed by atoms with E-state index in [0.29, 0.717) is 22.7 Å². The largest absolute Gasteiger partial charge is 0.416 e. The van der Waals surface area contributed by atoms with Crippen LogP contribution >= 0.6 is 23.2 Å². The van der Waals surface area contributed by atoms with Crippen molar-refractivity contribution in [1.82, 2.24) is 0 Å². The van der Waals surface area contributed by atoms with Crippen LogP contribution in [-0.2, 0) is 12.7 Å². The highest BCUT2D eigenvalue weighted by molar-refractivity contribution is 6.42. The molecule has 1 nitrogen and oxygen atoms in total. The monoisotopic (exact) mass is 337 g/mol. The Morgan fingerprint density at radius 1 is 1.05 bits per heavy atom. The highest BCUT2D eigenvalue weighted by Crippen LogP contribution is 2.32. The van der Waals surface area contributed by atoms with Gasteiger partial charge in [-0.1, -0.05) is 35.3 Å². The molecule has 2 rings (SSSR count). The number of halogens is 6. The lowest BCUT2D eigenvalue weighted by Crippen LogP contribution is -2.08. The van der Waals surface area contributed by atoms with Crippen molar-refractivity contribution in [3.05, 3.63) is 63.4 Å². The van der Waals surface area contributed by atoms with Gasteiger partial charge in [-0.15, -0.1) is 0 Å². The molecule has 0 aliphatic carbocycles. The minimum atomic E-state index is -4.53. The molecule has 0 fully saturated rings. The summed E-state index contributed by atoms with van der Waals surface area (Å²) < 4.78 is 51.3. The highest BCUT2D eigenvalue weighted by atomic mass is 35.5. The van der Waals surface area contributed by atoms with Gasteiger partial charge in [-0.25, -0.2) is 4.39 Å². The summed E-state index contributed by atoms with van der Waals surface area (Å²) >= 11 is 11.8. The molecule has 21 heavy (non-hydrogen) atoms. The topological polar surface area (TPSA) is 12.0 Å². The van der Waals surface area contributed by atoms with E-state index < -0.39 is 17.6 Å². The molecule has 0 saturated carbocycles. The van der Waals surface area contributed by atoms with E-state index in [1.807, 2.05) is 0 Å². The van der Waals surface area contributed by atoms with Crippen molar-refractivity contribution in [2.45, 2.75) is 12.7 Å². The molecule has 0 atom stereocenters. The number of nitrogens with one attached hydrogen (secondary N) is 1. The van der Waals surface area contributed by atoms with Gasteiger partial charge in [-0.05, 0) is 29.8 Å². The van der Waals surface area contributed by atoms with Gasteiger partial charge in [0.15, 0.2) is 0 Å². The lowest BCUT2D eigenvalue weighted by atomic mass is 10.1. The minimum absolute atomic E-state index is 0.0532. The maximum atomic E-state index is 13.6. The van der Waals surface area contributed by atoms with Gasteiger partial charge < -0.3 is 5.32 Å². The van der Waals surface area contributed by atoms with Crippen LogP contribution in [0.2, 0.25) is 10.0 Å². The maximum Gasteiger partial charge on any atom is 0.416 e. The molecule has 7 heteroatoms. The van der Waals surface area contributed by atoms with Gasteiger partial charge in [-0.2, -0.15) is 13.2 Å². The lowest BCUT2D eigenvalue weighted by molar-refractivity contribution is -0.137. The second kappa shape index (κ2) is 6.12. The number of hydrogen-bond acceptors (Lipinski definition) is 1. The summed E-state index contributed by atoms with van der Waals surface area (Å²) in [6, 6.07) is 7.05. The zero-order chi connectivity index (χ0) is 15.6. The summed E-state index contributed by atoms with van der Waals surface area (Å²) in [5.74, 6) is -0.777. The molecule has 0 saturated heterocycles. The van der Waals surface area contributed by atoms with Crippen LogP contribution in [0.1, 0.15) is 11.1 Å². The van der Waals surface area contributed by atoms with Gasteiger partial charge in [-0.3, -0.25) is 0 Å². The van der Waals surface area contributed by atoms with Gasteiger partial charge in [0.25, 0.3) is 0 Å². The predicted molar refractivity (Wildman–Crippen MR) is 75.2 cm³/mol. The molecule has 0 amide bonds. The van der Waals surface area contributed by atoms with Gasteiger partial charge in [0.1, 0.15) is 5.82 Å². The third-order valence-corrected chi connectivity index (χ3v) is 3.65. The first-order chi connectivity index (χ1) is 9.79. The number of benzene rings is 2. The number of rotatable bonds is 3. The van der Waals surface area contributed by atoms with E-state index in [4.69, 9.17) is 23.2 Å². The zero-order valence-corrected chi connectivity index (χ0v) is 12.0. The van der Waals surface area contributed by atoms with Gasteiger partial charge in [0.2, 0.25) is 0 Å². The number of alkyl halides is 3. The smallest absolute Gasteiger partial charge is 0.379 e. The van der Waals surface area contributed by atoms with E-state index in [1.54, 1.807) is 18.2 Å². The first kappa shape index (κ1) is 15.9. The molecular formula is C14H9Cl2F4N. The molecule has 2 aromatic rings. The van der Waals surface area contributed by atoms with Gasteiger partial charge in [0, 0.05) is 6.54 Å². The molecule has 0 bridgehead atoms. The summed E-state index contributed by atoms with van der Waals surface area (Å²) in [6.45, 7) is 0.0532. The van der Waals surface area contributed by atoms with E-state index in [2.05, 4.69) is 5.32 Å². The quantitative estimate of drug-likeness (QED) is 0.701. The summed E-state index contributed by atoms with van der Waals surface area (Å²) in [4.78, 5) is 0. The first-order valence-corrected chi connectivity index (χ1v) is 6.58. The highest BCUT2D eigenvalue weighted by Gasteiger charge is 2.31. The molecule has 0 aromatic heterocycles. The molecule has 112 valence electrons. The Hall–Kier alpha value is -1.46. The fourth-order valence-electron chi connectivity index (χ4n) is 1.71. The van der Waals surface area contributed by atoms with Crippen LogP contribution in [0.4, 0.5) is 23.2 Å². The van der Waals surface area contributed by atoms with Crippen LogP contribution in [0.3, 0.4) is 0 Å². The van der Waals surface area contributed by atoms with Crippen molar-refractivity contribution in [3.8, 4) is 0 Å². The molecule has 0 heterocycles. The molecule has 1 N–H and O–H groups in total. The summed E-state index contributed by atoms with van der Waals surface area (Å²) in [6.07, 6.45) is -4.53. The van der Waals surface area contributed by atoms with E-state index in [0.717, 1.165) is 6.07 Å². The third-order valence-electron chi connectivity index (χ3n) is 2.79. The van der Waals surface area contributed by atoms with Crippen LogP contribution in [0.25, 0.3) is 0 Å². The maximum absolute atomic E-state index is 13.6. The van der Waals surface area contributed by atoms with Gasteiger partial charge in [0.05, 0.1) is 21.3 Å². The zero-order valence-electron chi connectivity index (χ0n) is 10.4. The average molecular weight is 338 g/mol. The Labute approximate surface area is 128 Å². The second-order valence-corrected chi connectivity index (χ2v) is 5.04.